The predicted molar refractivity (Wildman–Crippen MR) is 71.8 cm³/mol. The van der Waals surface area contributed by atoms with Gasteiger partial charge in [-0.3, -0.25) is 14.9 Å². The lowest BCUT2D eigenvalue weighted by Gasteiger charge is -2.31. The van der Waals surface area contributed by atoms with Crippen molar-refractivity contribution >= 4 is 23.2 Å². The summed E-state index contributed by atoms with van der Waals surface area (Å²) in [5.41, 5.74) is -0.459. The zero-order valence-corrected chi connectivity index (χ0v) is 11.7. The van der Waals surface area contributed by atoms with E-state index in [0.717, 1.165) is 12.8 Å². The van der Waals surface area contributed by atoms with Gasteiger partial charge in [0.05, 0.1) is 11.0 Å². The Morgan fingerprint density at radius 1 is 1.55 bits per heavy atom. The standard InChI is InChI=1S/C12H14ClN3O4/c1-20-8-3-6-15(7-4-8)12(17)9-2-5-14-11(13)10(9)16(18)19/h2,5,8H,3-4,6-7H2,1H3. The molecule has 1 amide bonds. The van der Waals surface area contributed by atoms with Gasteiger partial charge in [0.25, 0.3) is 5.91 Å². The van der Waals surface area contributed by atoms with Crippen molar-refractivity contribution in [1.82, 2.24) is 9.88 Å². The predicted octanol–water partition coefficient (Wildman–Crippen LogP) is 1.89. The minimum atomic E-state index is -0.676. The second-order valence-electron chi connectivity index (χ2n) is 4.48. The van der Waals surface area contributed by atoms with Crippen molar-refractivity contribution in [1.29, 1.82) is 0 Å². The van der Waals surface area contributed by atoms with Crippen LogP contribution in [0.1, 0.15) is 23.2 Å². The van der Waals surface area contributed by atoms with Gasteiger partial charge in [0.2, 0.25) is 5.15 Å². The molecule has 0 atom stereocenters. The third-order valence-electron chi connectivity index (χ3n) is 3.36. The van der Waals surface area contributed by atoms with E-state index in [1.54, 1.807) is 12.0 Å². The van der Waals surface area contributed by atoms with Crippen LogP contribution in [0.4, 0.5) is 5.69 Å². The number of methoxy groups -OCH3 is 1. The number of likely N-dealkylation sites (tertiary alicyclic amines) is 1. The molecule has 0 aromatic carbocycles. The van der Waals surface area contributed by atoms with E-state index in [0.29, 0.717) is 13.1 Å². The lowest BCUT2D eigenvalue weighted by atomic mass is 10.1. The third kappa shape index (κ3) is 2.88. The van der Waals surface area contributed by atoms with Gasteiger partial charge in [-0.2, -0.15) is 0 Å². The summed E-state index contributed by atoms with van der Waals surface area (Å²) in [6, 6.07) is 1.33. The lowest BCUT2D eigenvalue weighted by Crippen LogP contribution is -2.40. The number of piperidine rings is 1. The molecule has 0 radical (unpaired) electrons. The van der Waals surface area contributed by atoms with E-state index in [9.17, 15) is 14.9 Å². The number of aromatic nitrogens is 1. The summed E-state index contributed by atoms with van der Waals surface area (Å²) in [6.45, 7) is 1.02. The summed E-state index contributed by atoms with van der Waals surface area (Å²) in [7, 11) is 1.63. The first kappa shape index (κ1) is 14.7. The second-order valence-corrected chi connectivity index (χ2v) is 4.84. The maximum absolute atomic E-state index is 12.4. The number of hydrogen-bond acceptors (Lipinski definition) is 5. The Morgan fingerprint density at radius 2 is 2.20 bits per heavy atom. The Bertz CT molecular complexity index is 529. The average molecular weight is 300 g/mol. The van der Waals surface area contributed by atoms with Crippen LogP contribution >= 0.6 is 11.6 Å². The second kappa shape index (κ2) is 6.15. The molecule has 2 heterocycles. The molecular weight excluding hydrogens is 286 g/mol. The number of hydrogen-bond donors (Lipinski definition) is 0. The number of nitrogens with zero attached hydrogens (tertiary/aromatic N) is 3. The Morgan fingerprint density at radius 3 is 2.75 bits per heavy atom. The number of nitro groups is 1. The Kier molecular flexibility index (Phi) is 4.51. The van der Waals surface area contributed by atoms with Crippen LogP contribution in [0.25, 0.3) is 0 Å². The quantitative estimate of drug-likeness (QED) is 0.483. The van der Waals surface area contributed by atoms with Gasteiger partial charge in [-0.25, -0.2) is 4.98 Å². The first-order valence-corrected chi connectivity index (χ1v) is 6.53. The van der Waals surface area contributed by atoms with Crippen LogP contribution in [0, 0.1) is 10.1 Å². The van der Waals surface area contributed by atoms with Crippen LogP contribution in [0.15, 0.2) is 12.3 Å². The molecule has 8 heteroatoms. The molecule has 0 N–H and O–H groups in total. The number of pyridine rings is 1. The molecule has 0 bridgehead atoms. The van der Waals surface area contributed by atoms with Crippen molar-refractivity contribution in [3.8, 4) is 0 Å². The van der Waals surface area contributed by atoms with E-state index >= 15 is 0 Å². The molecular formula is C12H14ClN3O4. The average Bonchev–Trinajstić information content (AvgIpc) is 2.46. The first-order chi connectivity index (χ1) is 9.54. The molecule has 7 nitrogen and oxygen atoms in total. The van der Waals surface area contributed by atoms with E-state index in [2.05, 4.69) is 4.98 Å². The van der Waals surface area contributed by atoms with Gasteiger partial charge in [0.15, 0.2) is 0 Å². The summed E-state index contributed by atoms with van der Waals surface area (Å²) in [4.78, 5) is 27.9. The third-order valence-corrected chi connectivity index (χ3v) is 3.63. The molecule has 1 aromatic rings. The number of carbonyl (C=O) groups excluding carboxylic acids is 1. The molecule has 1 aliphatic rings. The van der Waals surface area contributed by atoms with Crippen molar-refractivity contribution in [3.63, 3.8) is 0 Å². The summed E-state index contributed by atoms with van der Waals surface area (Å²) >= 11 is 5.71. The molecule has 1 saturated heterocycles. The smallest absolute Gasteiger partial charge is 0.319 e. The monoisotopic (exact) mass is 299 g/mol. The van der Waals surface area contributed by atoms with Crippen LogP contribution in [0.2, 0.25) is 5.15 Å². The van der Waals surface area contributed by atoms with Crippen molar-refractivity contribution < 1.29 is 14.5 Å². The van der Waals surface area contributed by atoms with Gasteiger partial charge >= 0.3 is 5.69 Å². The summed E-state index contributed by atoms with van der Waals surface area (Å²) in [5, 5.41) is 10.7. The minimum absolute atomic E-state index is 0.0223. The van der Waals surface area contributed by atoms with Gasteiger partial charge in [0, 0.05) is 26.4 Å². The van der Waals surface area contributed by atoms with E-state index in [1.807, 2.05) is 0 Å². The molecule has 0 unspecified atom stereocenters. The first-order valence-electron chi connectivity index (χ1n) is 6.15. The van der Waals surface area contributed by atoms with E-state index < -0.39 is 16.5 Å². The molecule has 0 saturated carbocycles. The number of ether oxygens (including phenoxy) is 1. The summed E-state index contributed by atoms with van der Waals surface area (Å²) < 4.78 is 5.23. The highest BCUT2D eigenvalue weighted by atomic mass is 35.5. The van der Waals surface area contributed by atoms with E-state index in [-0.39, 0.29) is 16.8 Å². The van der Waals surface area contributed by atoms with Crippen LogP contribution in [0.5, 0.6) is 0 Å². The molecule has 0 aliphatic carbocycles. The SMILES string of the molecule is COC1CCN(C(=O)c2ccnc(Cl)c2[N+](=O)[O-])CC1. The molecule has 20 heavy (non-hydrogen) atoms. The highest BCUT2D eigenvalue weighted by Crippen LogP contribution is 2.28. The fraction of sp³-hybridized carbons (Fsp3) is 0.500. The number of amides is 1. The number of halogens is 1. The summed E-state index contributed by atoms with van der Waals surface area (Å²) in [6.07, 6.45) is 2.86. The van der Waals surface area contributed by atoms with Crippen molar-refractivity contribution in [2.24, 2.45) is 0 Å². The molecule has 1 fully saturated rings. The van der Waals surface area contributed by atoms with Gasteiger partial charge in [-0.15, -0.1) is 0 Å². The normalized spacial score (nSPS) is 16.2. The highest BCUT2D eigenvalue weighted by Gasteiger charge is 2.30. The molecule has 108 valence electrons. The fourth-order valence-corrected chi connectivity index (χ4v) is 2.47. The maximum Gasteiger partial charge on any atom is 0.319 e. The molecule has 2 rings (SSSR count). The van der Waals surface area contributed by atoms with Gasteiger partial charge in [-0.05, 0) is 18.9 Å². The van der Waals surface area contributed by atoms with Gasteiger partial charge in [-0.1, -0.05) is 11.6 Å². The maximum atomic E-state index is 12.4. The van der Waals surface area contributed by atoms with Crippen molar-refractivity contribution in [2.45, 2.75) is 18.9 Å². The van der Waals surface area contributed by atoms with Crippen LogP contribution in [-0.4, -0.2) is 47.0 Å². The zero-order chi connectivity index (χ0) is 14.7. The minimum Gasteiger partial charge on any atom is -0.381 e. The Labute approximate surface area is 120 Å². The van der Waals surface area contributed by atoms with Crippen LogP contribution in [-0.2, 0) is 4.74 Å². The van der Waals surface area contributed by atoms with Gasteiger partial charge < -0.3 is 9.64 Å². The fourth-order valence-electron chi connectivity index (χ4n) is 2.24. The lowest BCUT2D eigenvalue weighted by molar-refractivity contribution is -0.385. The van der Waals surface area contributed by atoms with Crippen molar-refractivity contribution in [2.75, 3.05) is 20.2 Å². The Balaban J connectivity index is 2.22. The molecule has 1 aromatic heterocycles. The summed E-state index contributed by atoms with van der Waals surface area (Å²) in [5.74, 6) is -0.393. The molecule has 0 spiro atoms. The number of rotatable bonds is 3. The highest BCUT2D eigenvalue weighted by molar-refractivity contribution is 6.32. The van der Waals surface area contributed by atoms with E-state index in [4.69, 9.17) is 16.3 Å². The Hall–Kier alpha value is -1.73. The molecule has 1 aliphatic heterocycles. The number of carbonyl (C=O) groups is 1. The largest absolute Gasteiger partial charge is 0.381 e. The van der Waals surface area contributed by atoms with Gasteiger partial charge in [0.1, 0.15) is 5.56 Å². The zero-order valence-electron chi connectivity index (χ0n) is 10.9. The van der Waals surface area contributed by atoms with Crippen LogP contribution in [0.3, 0.4) is 0 Å². The topological polar surface area (TPSA) is 85.6 Å². The van der Waals surface area contributed by atoms with E-state index in [1.165, 1.54) is 12.3 Å². The van der Waals surface area contributed by atoms with Crippen molar-refractivity contribution in [3.05, 3.63) is 33.1 Å². The van der Waals surface area contributed by atoms with Crippen LogP contribution < -0.4 is 0 Å².